The Hall–Kier alpha value is -1.47. The number of nitro groups is 1. The number of rotatable bonds is 4. The van der Waals surface area contributed by atoms with Crippen LogP contribution in [-0.4, -0.2) is 30.7 Å². The number of carbonyl (C=O) groups excluding carboxylic acids is 1. The van der Waals surface area contributed by atoms with Gasteiger partial charge in [0.05, 0.1) is 17.1 Å². The number of halogens is 1. The summed E-state index contributed by atoms with van der Waals surface area (Å²) in [6.45, 7) is 1.68. The van der Waals surface area contributed by atoms with Gasteiger partial charge in [0, 0.05) is 29.8 Å². The summed E-state index contributed by atoms with van der Waals surface area (Å²) in [5, 5.41) is 10.7. The fourth-order valence-corrected chi connectivity index (χ4v) is 2.38. The number of carbonyl (C=O) groups is 1. The summed E-state index contributed by atoms with van der Waals surface area (Å²) in [4.78, 5) is 22.2. The van der Waals surface area contributed by atoms with Crippen LogP contribution >= 0.6 is 15.9 Å². The Kier molecular flexibility index (Phi) is 5.08. The fourth-order valence-electron chi connectivity index (χ4n) is 1.97. The van der Waals surface area contributed by atoms with E-state index in [0.717, 1.165) is 12.8 Å². The Labute approximate surface area is 124 Å². The third kappa shape index (κ3) is 3.77. The van der Waals surface area contributed by atoms with Gasteiger partial charge in [0.15, 0.2) is 0 Å². The van der Waals surface area contributed by atoms with Crippen molar-refractivity contribution in [1.29, 1.82) is 0 Å². The molecule has 1 heterocycles. The second-order valence-corrected chi connectivity index (χ2v) is 5.43. The van der Waals surface area contributed by atoms with Gasteiger partial charge >= 0.3 is 5.97 Å². The maximum Gasteiger partial charge on any atom is 0.339 e. The first kappa shape index (κ1) is 14.9. The Bertz CT molecular complexity index is 513. The van der Waals surface area contributed by atoms with E-state index in [4.69, 9.17) is 9.47 Å². The van der Waals surface area contributed by atoms with Gasteiger partial charge in [0.1, 0.15) is 0 Å². The van der Waals surface area contributed by atoms with E-state index in [-0.39, 0.29) is 11.3 Å². The average molecular weight is 344 g/mol. The molecular formula is C13H14BrNO5. The molecular weight excluding hydrogens is 330 g/mol. The van der Waals surface area contributed by atoms with Crippen LogP contribution in [0.15, 0.2) is 22.7 Å². The summed E-state index contributed by atoms with van der Waals surface area (Å²) >= 11 is 3.20. The quantitative estimate of drug-likeness (QED) is 0.477. The molecule has 0 bridgehead atoms. The zero-order valence-corrected chi connectivity index (χ0v) is 12.3. The van der Waals surface area contributed by atoms with E-state index in [1.54, 1.807) is 0 Å². The first-order chi connectivity index (χ1) is 9.58. The summed E-state index contributed by atoms with van der Waals surface area (Å²) in [5.74, 6) is -0.253. The number of esters is 1. The van der Waals surface area contributed by atoms with E-state index in [2.05, 4.69) is 15.9 Å². The monoisotopic (exact) mass is 343 g/mol. The Morgan fingerprint density at radius 1 is 1.45 bits per heavy atom. The maximum absolute atomic E-state index is 12.0. The van der Waals surface area contributed by atoms with Crippen LogP contribution in [0.25, 0.3) is 0 Å². The fraction of sp³-hybridized carbons (Fsp3) is 0.462. The Morgan fingerprint density at radius 3 is 2.80 bits per heavy atom. The second kappa shape index (κ2) is 6.81. The van der Waals surface area contributed by atoms with Gasteiger partial charge in [0.2, 0.25) is 0 Å². The molecule has 1 saturated heterocycles. The lowest BCUT2D eigenvalue weighted by molar-refractivity contribution is -0.384. The first-order valence-corrected chi connectivity index (χ1v) is 7.06. The van der Waals surface area contributed by atoms with Crippen molar-refractivity contribution in [2.45, 2.75) is 12.8 Å². The topological polar surface area (TPSA) is 78.7 Å². The number of nitro benzene ring substituents is 1. The Morgan fingerprint density at radius 2 is 2.15 bits per heavy atom. The zero-order chi connectivity index (χ0) is 14.5. The van der Waals surface area contributed by atoms with Gasteiger partial charge in [-0.25, -0.2) is 4.79 Å². The lowest BCUT2D eigenvalue weighted by Gasteiger charge is -2.21. The van der Waals surface area contributed by atoms with Crippen LogP contribution in [0.2, 0.25) is 0 Å². The minimum Gasteiger partial charge on any atom is -0.462 e. The number of hydrogen-bond acceptors (Lipinski definition) is 5. The van der Waals surface area contributed by atoms with Crippen molar-refractivity contribution in [2.24, 2.45) is 5.92 Å². The molecule has 0 atom stereocenters. The predicted molar refractivity (Wildman–Crippen MR) is 74.6 cm³/mol. The molecule has 0 radical (unpaired) electrons. The molecule has 1 aliphatic heterocycles. The van der Waals surface area contributed by atoms with Crippen molar-refractivity contribution in [3.05, 3.63) is 38.3 Å². The second-order valence-electron chi connectivity index (χ2n) is 4.58. The zero-order valence-electron chi connectivity index (χ0n) is 10.7. The van der Waals surface area contributed by atoms with Gasteiger partial charge in [-0.15, -0.1) is 0 Å². The van der Waals surface area contributed by atoms with Gasteiger partial charge in [-0.1, -0.05) is 0 Å². The first-order valence-electron chi connectivity index (χ1n) is 6.26. The summed E-state index contributed by atoms with van der Waals surface area (Å²) in [7, 11) is 0. The molecule has 0 saturated carbocycles. The molecule has 0 aliphatic carbocycles. The van der Waals surface area contributed by atoms with Gasteiger partial charge < -0.3 is 9.47 Å². The Balaban J connectivity index is 2.00. The number of non-ortho nitro benzene ring substituents is 1. The average Bonchev–Trinajstić information content (AvgIpc) is 2.46. The third-order valence-electron chi connectivity index (χ3n) is 3.17. The minimum atomic E-state index is -0.549. The summed E-state index contributed by atoms with van der Waals surface area (Å²) in [6, 6.07) is 4.03. The van der Waals surface area contributed by atoms with E-state index in [9.17, 15) is 14.9 Å². The van der Waals surface area contributed by atoms with E-state index < -0.39 is 10.9 Å². The molecule has 0 amide bonds. The highest BCUT2D eigenvalue weighted by molar-refractivity contribution is 9.10. The van der Waals surface area contributed by atoms with E-state index in [1.807, 2.05) is 0 Å². The van der Waals surface area contributed by atoms with Crippen LogP contribution in [0.3, 0.4) is 0 Å². The van der Waals surface area contributed by atoms with Crippen LogP contribution in [0, 0.1) is 16.0 Å². The number of hydrogen-bond donors (Lipinski definition) is 0. The van der Waals surface area contributed by atoms with E-state index >= 15 is 0 Å². The molecule has 108 valence electrons. The summed E-state index contributed by atoms with van der Waals surface area (Å²) < 4.78 is 11.0. The van der Waals surface area contributed by atoms with Crippen molar-refractivity contribution < 1.29 is 19.2 Å². The molecule has 1 aromatic carbocycles. The van der Waals surface area contributed by atoms with Crippen LogP contribution in [0.1, 0.15) is 23.2 Å². The largest absolute Gasteiger partial charge is 0.462 e. The van der Waals surface area contributed by atoms with Gasteiger partial charge in [-0.05, 0) is 40.8 Å². The highest BCUT2D eigenvalue weighted by Gasteiger charge is 2.20. The normalized spacial score (nSPS) is 15.8. The van der Waals surface area contributed by atoms with Crippen LogP contribution in [-0.2, 0) is 9.47 Å². The summed E-state index contributed by atoms with van der Waals surface area (Å²) in [6.07, 6.45) is 1.73. The van der Waals surface area contributed by atoms with Crippen LogP contribution < -0.4 is 0 Å². The van der Waals surface area contributed by atoms with Crippen LogP contribution in [0.4, 0.5) is 5.69 Å². The molecule has 20 heavy (non-hydrogen) atoms. The van der Waals surface area contributed by atoms with Crippen molar-refractivity contribution in [3.8, 4) is 0 Å². The van der Waals surface area contributed by atoms with Gasteiger partial charge in [-0.2, -0.15) is 0 Å². The van der Waals surface area contributed by atoms with Gasteiger partial charge in [0.25, 0.3) is 5.69 Å². The SMILES string of the molecule is O=C(OCC1CCOCC1)c1cc([N+](=O)[O-])ccc1Br. The molecule has 1 fully saturated rings. The van der Waals surface area contributed by atoms with Crippen molar-refractivity contribution in [3.63, 3.8) is 0 Å². The maximum atomic E-state index is 12.0. The molecule has 0 aromatic heterocycles. The number of ether oxygens (including phenoxy) is 2. The lowest BCUT2D eigenvalue weighted by atomic mass is 10.0. The molecule has 6 nitrogen and oxygen atoms in total. The van der Waals surface area contributed by atoms with Crippen molar-refractivity contribution in [1.82, 2.24) is 0 Å². The van der Waals surface area contributed by atoms with E-state index in [1.165, 1.54) is 18.2 Å². The van der Waals surface area contributed by atoms with E-state index in [0.29, 0.717) is 30.2 Å². The van der Waals surface area contributed by atoms with Crippen LogP contribution in [0.5, 0.6) is 0 Å². The van der Waals surface area contributed by atoms with Gasteiger partial charge in [-0.3, -0.25) is 10.1 Å². The predicted octanol–water partition coefficient (Wildman–Crippen LogP) is 2.94. The molecule has 0 N–H and O–H groups in total. The molecule has 1 aliphatic rings. The highest BCUT2D eigenvalue weighted by Crippen LogP contribution is 2.24. The summed E-state index contributed by atoms with van der Waals surface area (Å²) in [5.41, 5.74) is 0.0393. The molecule has 2 rings (SSSR count). The number of nitrogens with zero attached hydrogens (tertiary/aromatic N) is 1. The molecule has 0 unspecified atom stereocenters. The minimum absolute atomic E-state index is 0.133. The smallest absolute Gasteiger partial charge is 0.339 e. The lowest BCUT2D eigenvalue weighted by Crippen LogP contribution is -2.22. The third-order valence-corrected chi connectivity index (χ3v) is 3.86. The number of benzene rings is 1. The molecule has 7 heteroatoms. The van der Waals surface area contributed by atoms with Crippen molar-refractivity contribution >= 4 is 27.6 Å². The molecule has 1 aromatic rings. The van der Waals surface area contributed by atoms with Crippen molar-refractivity contribution in [2.75, 3.05) is 19.8 Å². The molecule has 0 spiro atoms. The standard InChI is InChI=1S/C13H14BrNO5/c14-12-2-1-10(15(17)18)7-11(12)13(16)20-8-9-3-5-19-6-4-9/h1-2,7,9H,3-6,8H2. The highest BCUT2D eigenvalue weighted by atomic mass is 79.9.